The van der Waals surface area contributed by atoms with Crippen LogP contribution in [0.2, 0.25) is 0 Å². The molecular formula is C48H43N9. The minimum Gasteiger partial charge on any atom is -0.217 e. The highest BCUT2D eigenvalue weighted by atomic mass is 15.1. The molecule has 0 radical (unpaired) electrons. The molecule has 0 spiro atoms. The molecule has 5 aromatic carbocycles. The molecule has 0 atom stereocenters. The second kappa shape index (κ2) is 16.1. The SMILES string of the molecule is CC(C)c1nc(-c2ccccc2)nc(-c2cc(-c3nc(-c4ccccc4)nc(-c4ccccc4-c4ccccc4)n3)cc(-c3nc(C(C)C)nc(C(C)C)n3)c2)n1. The Morgan fingerprint density at radius 2 is 0.561 bits per heavy atom. The Morgan fingerprint density at radius 3 is 1.00 bits per heavy atom. The first-order valence-electron chi connectivity index (χ1n) is 19.4. The van der Waals surface area contributed by atoms with Gasteiger partial charge in [-0.25, -0.2) is 44.9 Å². The van der Waals surface area contributed by atoms with Crippen LogP contribution in [0.4, 0.5) is 0 Å². The number of rotatable bonds is 10. The predicted molar refractivity (Wildman–Crippen MR) is 227 cm³/mol. The zero-order valence-electron chi connectivity index (χ0n) is 33.0. The van der Waals surface area contributed by atoms with Crippen LogP contribution in [0.1, 0.15) is 76.8 Å². The van der Waals surface area contributed by atoms with Crippen molar-refractivity contribution in [3.05, 3.63) is 151 Å². The summed E-state index contributed by atoms with van der Waals surface area (Å²) < 4.78 is 0. The predicted octanol–water partition coefficient (Wildman–Crippen LogP) is 11.3. The maximum Gasteiger partial charge on any atom is 0.164 e. The maximum absolute atomic E-state index is 5.23. The van der Waals surface area contributed by atoms with Crippen molar-refractivity contribution in [1.29, 1.82) is 0 Å². The van der Waals surface area contributed by atoms with E-state index in [1.807, 2.05) is 109 Å². The molecule has 57 heavy (non-hydrogen) atoms. The van der Waals surface area contributed by atoms with Gasteiger partial charge in [0, 0.05) is 51.1 Å². The highest BCUT2D eigenvalue weighted by Crippen LogP contribution is 2.35. The van der Waals surface area contributed by atoms with Crippen LogP contribution >= 0.6 is 0 Å². The first-order chi connectivity index (χ1) is 27.7. The lowest BCUT2D eigenvalue weighted by Crippen LogP contribution is -2.08. The molecule has 3 heterocycles. The normalized spacial score (nSPS) is 11.5. The summed E-state index contributed by atoms with van der Waals surface area (Å²) in [5.41, 5.74) is 7.05. The number of benzene rings is 5. The van der Waals surface area contributed by atoms with Crippen molar-refractivity contribution in [2.24, 2.45) is 0 Å². The van der Waals surface area contributed by atoms with Crippen LogP contribution in [0.5, 0.6) is 0 Å². The molecule has 0 aliphatic carbocycles. The molecule has 0 aliphatic heterocycles. The van der Waals surface area contributed by atoms with Crippen LogP contribution < -0.4 is 0 Å². The fourth-order valence-electron chi connectivity index (χ4n) is 6.46. The Bertz CT molecular complexity index is 2630. The van der Waals surface area contributed by atoms with Crippen molar-refractivity contribution < 1.29 is 0 Å². The molecule has 3 aromatic heterocycles. The number of hydrogen-bond donors (Lipinski definition) is 0. The minimum absolute atomic E-state index is 0.0619. The van der Waals surface area contributed by atoms with E-state index in [0.29, 0.717) is 40.8 Å². The van der Waals surface area contributed by atoms with E-state index in [4.69, 9.17) is 44.9 Å². The molecule has 280 valence electrons. The fourth-order valence-corrected chi connectivity index (χ4v) is 6.46. The molecule has 8 aromatic rings. The lowest BCUT2D eigenvalue weighted by Gasteiger charge is -2.15. The lowest BCUT2D eigenvalue weighted by atomic mass is 9.99. The number of hydrogen-bond acceptors (Lipinski definition) is 9. The first kappa shape index (κ1) is 37.1. The number of aromatic nitrogens is 9. The van der Waals surface area contributed by atoms with Crippen LogP contribution in [0.25, 0.3) is 79.5 Å². The van der Waals surface area contributed by atoms with Gasteiger partial charge in [0.1, 0.15) is 17.5 Å². The van der Waals surface area contributed by atoms with Gasteiger partial charge in [-0.3, -0.25) is 0 Å². The van der Waals surface area contributed by atoms with Crippen LogP contribution in [0, 0.1) is 0 Å². The van der Waals surface area contributed by atoms with Crippen molar-refractivity contribution in [2.45, 2.75) is 59.3 Å². The summed E-state index contributed by atoms with van der Waals surface area (Å²) in [4.78, 5) is 45.3. The summed E-state index contributed by atoms with van der Waals surface area (Å²) in [6.07, 6.45) is 0. The van der Waals surface area contributed by atoms with Crippen molar-refractivity contribution in [1.82, 2.24) is 44.9 Å². The van der Waals surface area contributed by atoms with Crippen LogP contribution in [0.15, 0.2) is 133 Å². The molecular weight excluding hydrogens is 703 g/mol. The largest absolute Gasteiger partial charge is 0.217 e. The van der Waals surface area contributed by atoms with Gasteiger partial charge in [-0.15, -0.1) is 0 Å². The third-order valence-electron chi connectivity index (χ3n) is 9.53. The molecule has 0 saturated heterocycles. The maximum atomic E-state index is 5.23. The fraction of sp³-hybridized carbons (Fsp3) is 0.188. The van der Waals surface area contributed by atoms with Crippen molar-refractivity contribution in [2.75, 3.05) is 0 Å². The quantitative estimate of drug-likeness (QED) is 0.135. The Labute approximate surface area is 333 Å². The molecule has 0 saturated carbocycles. The van der Waals surface area contributed by atoms with E-state index in [9.17, 15) is 0 Å². The number of nitrogens with zero attached hydrogens (tertiary/aromatic N) is 9. The molecule has 9 heteroatoms. The summed E-state index contributed by atoms with van der Waals surface area (Å²) in [5, 5.41) is 0. The van der Waals surface area contributed by atoms with Crippen molar-refractivity contribution in [3.63, 3.8) is 0 Å². The first-order valence-corrected chi connectivity index (χ1v) is 19.4. The third kappa shape index (κ3) is 8.09. The Kier molecular flexibility index (Phi) is 10.5. The van der Waals surface area contributed by atoms with E-state index in [1.165, 1.54) is 0 Å². The average molecular weight is 746 g/mol. The summed E-state index contributed by atoms with van der Waals surface area (Å²) in [6, 6.07) is 44.7. The molecule has 0 unspecified atom stereocenters. The summed E-state index contributed by atoms with van der Waals surface area (Å²) >= 11 is 0. The average Bonchev–Trinajstić information content (AvgIpc) is 3.26. The minimum atomic E-state index is 0.0619. The lowest BCUT2D eigenvalue weighted by molar-refractivity contribution is 0.697. The standard InChI is InChI=1S/C48H43N9/c1-29(2)40-49-41(30(3)4)52-45(51-40)35-26-36(46-53-42(31(5)6)50-43(54-46)33-20-12-8-13-21-33)28-37(27-35)47-55-44(34-22-14-9-15-23-34)56-48(57-47)39-25-17-16-24-38(39)32-18-10-7-11-19-32/h7-31H,1-6H3. The highest BCUT2D eigenvalue weighted by Gasteiger charge is 2.21. The van der Waals surface area contributed by atoms with Gasteiger partial charge >= 0.3 is 0 Å². The Morgan fingerprint density at radius 1 is 0.263 bits per heavy atom. The second-order valence-corrected chi connectivity index (χ2v) is 14.9. The van der Waals surface area contributed by atoms with E-state index >= 15 is 0 Å². The van der Waals surface area contributed by atoms with Gasteiger partial charge in [0.05, 0.1) is 0 Å². The molecule has 0 fully saturated rings. The van der Waals surface area contributed by atoms with Gasteiger partial charge in [0.25, 0.3) is 0 Å². The highest BCUT2D eigenvalue weighted by molar-refractivity contribution is 5.82. The molecule has 8 rings (SSSR count). The van der Waals surface area contributed by atoms with E-state index in [0.717, 1.165) is 56.2 Å². The van der Waals surface area contributed by atoms with Gasteiger partial charge in [-0.1, -0.05) is 157 Å². The smallest absolute Gasteiger partial charge is 0.164 e. The molecule has 9 nitrogen and oxygen atoms in total. The second-order valence-electron chi connectivity index (χ2n) is 14.9. The molecule has 0 N–H and O–H groups in total. The summed E-state index contributed by atoms with van der Waals surface area (Å²) in [5.74, 6) is 5.73. The monoisotopic (exact) mass is 745 g/mol. The Balaban J connectivity index is 1.40. The Hall–Kier alpha value is -6.87. The molecule has 0 aliphatic rings. The summed E-state index contributed by atoms with van der Waals surface area (Å²) in [6.45, 7) is 12.6. The van der Waals surface area contributed by atoms with Crippen LogP contribution in [0.3, 0.4) is 0 Å². The molecule has 0 amide bonds. The van der Waals surface area contributed by atoms with E-state index in [-0.39, 0.29) is 17.8 Å². The zero-order valence-corrected chi connectivity index (χ0v) is 33.0. The van der Waals surface area contributed by atoms with Gasteiger partial charge in [-0.05, 0) is 29.3 Å². The van der Waals surface area contributed by atoms with Gasteiger partial charge < -0.3 is 0 Å². The summed E-state index contributed by atoms with van der Waals surface area (Å²) in [7, 11) is 0. The van der Waals surface area contributed by atoms with E-state index < -0.39 is 0 Å². The van der Waals surface area contributed by atoms with Crippen LogP contribution in [-0.4, -0.2) is 44.9 Å². The van der Waals surface area contributed by atoms with Gasteiger partial charge in [-0.2, -0.15) is 0 Å². The van der Waals surface area contributed by atoms with Crippen molar-refractivity contribution in [3.8, 4) is 79.5 Å². The van der Waals surface area contributed by atoms with Gasteiger partial charge in [0.15, 0.2) is 34.9 Å². The van der Waals surface area contributed by atoms with Crippen molar-refractivity contribution >= 4 is 0 Å². The topological polar surface area (TPSA) is 116 Å². The van der Waals surface area contributed by atoms with Crippen LogP contribution in [-0.2, 0) is 0 Å². The van der Waals surface area contributed by atoms with E-state index in [2.05, 4.69) is 65.8 Å². The van der Waals surface area contributed by atoms with E-state index in [1.54, 1.807) is 0 Å². The third-order valence-corrected chi connectivity index (χ3v) is 9.53. The molecule has 0 bridgehead atoms. The van der Waals surface area contributed by atoms with Gasteiger partial charge in [0.2, 0.25) is 0 Å². The zero-order chi connectivity index (χ0) is 39.5.